The minimum Gasteiger partial charge on any atom is -0.393 e. The highest BCUT2D eigenvalue weighted by atomic mass is 16.3. The van der Waals surface area contributed by atoms with Crippen molar-refractivity contribution in [1.82, 2.24) is 15.5 Å². The van der Waals surface area contributed by atoms with Gasteiger partial charge in [0.05, 0.1) is 12.6 Å². The molecule has 1 aliphatic carbocycles. The molecule has 0 spiro atoms. The van der Waals surface area contributed by atoms with Crippen molar-refractivity contribution in [2.45, 2.75) is 77.1 Å². The number of aliphatic hydroxyl groups is 1. The van der Waals surface area contributed by atoms with E-state index in [0.717, 1.165) is 70.7 Å². The minimum absolute atomic E-state index is 0.117. The van der Waals surface area contributed by atoms with Crippen LogP contribution >= 0.6 is 0 Å². The van der Waals surface area contributed by atoms with E-state index in [1.165, 1.54) is 11.1 Å². The lowest BCUT2D eigenvalue weighted by Gasteiger charge is -2.34. The first-order valence-electron chi connectivity index (χ1n) is 10.7. The lowest BCUT2D eigenvalue weighted by atomic mass is 9.93. The van der Waals surface area contributed by atoms with Gasteiger partial charge in [-0.2, -0.15) is 0 Å². The maximum atomic E-state index is 9.71. The van der Waals surface area contributed by atoms with E-state index in [4.69, 9.17) is 4.99 Å². The first kappa shape index (κ1) is 20.2. The summed E-state index contributed by atoms with van der Waals surface area (Å²) in [5.41, 5.74) is 2.97. The van der Waals surface area contributed by atoms with Crippen LogP contribution in [-0.2, 0) is 13.0 Å². The Kier molecular flexibility index (Phi) is 7.53. The van der Waals surface area contributed by atoms with Gasteiger partial charge in [0, 0.05) is 31.7 Å². The molecule has 1 aromatic carbocycles. The summed E-state index contributed by atoms with van der Waals surface area (Å²) >= 11 is 0. The Bertz CT molecular complexity index is 610. The van der Waals surface area contributed by atoms with Crippen LogP contribution in [0.1, 0.15) is 57.1 Å². The molecule has 1 unspecified atom stereocenters. The number of aliphatic imine (C=N–C) groups is 1. The van der Waals surface area contributed by atoms with E-state index in [-0.39, 0.29) is 6.10 Å². The van der Waals surface area contributed by atoms with Gasteiger partial charge in [0.15, 0.2) is 5.96 Å². The number of nitrogens with zero attached hydrogens (tertiary/aromatic N) is 2. The Morgan fingerprint density at radius 2 is 1.93 bits per heavy atom. The third kappa shape index (κ3) is 5.69. The van der Waals surface area contributed by atoms with Crippen molar-refractivity contribution in [3.63, 3.8) is 0 Å². The maximum Gasteiger partial charge on any atom is 0.191 e. The Hall–Kier alpha value is -1.59. The van der Waals surface area contributed by atoms with Gasteiger partial charge in [-0.15, -0.1) is 0 Å². The number of hydrogen-bond donors (Lipinski definition) is 3. The van der Waals surface area contributed by atoms with Gasteiger partial charge in [-0.05, 0) is 56.6 Å². The first-order valence-corrected chi connectivity index (χ1v) is 10.7. The third-order valence-electron chi connectivity index (χ3n) is 5.99. The van der Waals surface area contributed by atoms with E-state index >= 15 is 0 Å². The monoisotopic (exact) mass is 372 g/mol. The molecule has 0 radical (unpaired) electrons. The Labute approximate surface area is 164 Å². The number of rotatable bonds is 6. The molecule has 3 rings (SSSR count). The fraction of sp³-hybridized carbons (Fsp3) is 0.682. The molecule has 5 heteroatoms. The summed E-state index contributed by atoms with van der Waals surface area (Å²) in [6.45, 7) is 8.23. The summed E-state index contributed by atoms with van der Waals surface area (Å²) in [6.07, 6.45) is 5.95. The van der Waals surface area contributed by atoms with Gasteiger partial charge in [0.25, 0.3) is 0 Å². The second kappa shape index (κ2) is 10.1. The van der Waals surface area contributed by atoms with Crippen molar-refractivity contribution in [3.8, 4) is 0 Å². The van der Waals surface area contributed by atoms with Crippen LogP contribution in [0.2, 0.25) is 0 Å². The molecule has 2 aliphatic rings. The Balaban J connectivity index is 1.58. The third-order valence-corrected chi connectivity index (χ3v) is 5.99. The van der Waals surface area contributed by atoms with Gasteiger partial charge >= 0.3 is 0 Å². The maximum absolute atomic E-state index is 9.71. The quantitative estimate of drug-likeness (QED) is 0.531. The molecule has 1 aromatic rings. The van der Waals surface area contributed by atoms with Gasteiger partial charge in [0.1, 0.15) is 0 Å². The van der Waals surface area contributed by atoms with E-state index < -0.39 is 0 Å². The second-order valence-electron chi connectivity index (χ2n) is 7.92. The molecule has 0 bridgehead atoms. The van der Waals surface area contributed by atoms with Gasteiger partial charge in [-0.3, -0.25) is 9.89 Å². The van der Waals surface area contributed by atoms with Gasteiger partial charge in [0.2, 0.25) is 0 Å². The average molecular weight is 373 g/mol. The fourth-order valence-electron chi connectivity index (χ4n) is 4.26. The van der Waals surface area contributed by atoms with Crippen molar-refractivity contribution >= 4 is 5.96 Å². The van der Waals surface area contributed by atoms with Crippen LogP contribution in [0.25, 0.3) is 0 Å². The molecule has 0 amide bonds. The smallest absolute Gasteiger partial charge is 0.191 e. The molecule has 27 heavy (non-hydrogen) atoms. The van der Waals surface area contributed by atoms with Crippen molar-refractivity contribution in [3.05, 3.63) is 35.4 Å². The number of aliphatic hydroxyl groups excluding tert-OH is 1. The van der Waals surface area contributed by atoms with Crippen molar-refractivity contribution < 1.29 is 5.11 Å². The van der Waals surface area contributed by atoms with Crippen LogP contribution in [0.4, 0.5) is 0 Å². The van der Waals surface area contributed by atoms with E-state index in [1.807, 2.05) is 0 Å². The number of hydrogen-bond acceptors (Lipinski definition) is 3. The van der Waals surface area contributed by atoms with Crippen molar-refractivity contribution in [1.29, 1.82) is 0 Å². The summed E-state index contributed by atoms with van der Waals surface area (Å²) in [4.78, 5) is 7.51. The molecule has 0 saturated heterocycles. The molecule has 1 fully saturated rings. The molecular formula is C22H36N4O. The van der Waals surface area contributed by atoms with Gasteiger partial charge < -0.3 is 15.7 Å². The number of nitrogens with one attached hydrogen (secondary N) is 2. The molecular weight excluding hydrogens is 336 g/mol. The molecule has 150 valence electrons. The average Bonchev–Trinajstić information content (AvgIpc) is 2.70. The van der Waals surface area contributed by atoms with Crippen LogP contribution in [0.3, 0.4) is 0 Å². The summed E-state index contributed by atoms with van der Waals surface area (Å²) in [7, 11) is 0. The molecule has 0 aromatic heterocycles. The number of fused-ring (bicyclic) bond motifs is 1. The predicted octanol–water partition coefficient (Wildman–Crippen LogP) is 2.68. The summed E-state index contributed by atoms with van der Waals surface area (Å²) in [6, 6.07) is 9.72. The molecule has 1 saturated carbocycles. The largest absolute Gasteiger partial charge is 0.393 e. The van der Waals surface area contributed by atoms with Crippen molar-refractivity contribution in [2.75, 3.05) is 19.6 Å². The Morgan fingerprint density at radius 3 is 2.63 bits per heavy atom. The molecule has 1 aliphatic heterocycles. The topological polar surface area (TPSA) is 59.9 Å². The van der Waals surface area contributed by atoms with E-state index in [1.54, 1.807) is 0 Å². The highest BCUT2D eigenvalue weighted by Gasteiger charge is 2.23. The predicted molar refractivity (Wildman–Crippen MR) is 112 cm³/mol. The molecule has 1 heterocycles. The second-order valence-corrected chi connectivity index (χ2v) is 7.92. The van der Waals surface area contributed by atoms with Gasteiger partial charge in [-0.25, -0.2) is 0 Å². The fourth-order valence-corrected chi connectivity index (χ4v) is 4.26. The van der Waals surface area contributed by atoms with Gasteiger partial charge in [-0.1, -0.05) is 31.2 Å². The summed E-state index contributed by atoms with van der Waals surface area (Å²) < 4.78 is 0. The highest BCUT2D eigenvalue weighted by Crippen LogP contribution is 2.22. The van der Waals surface area contributed by atoms with Crippen LogP contribution in [0.15, 0.2) is 29.3 Å². The lowest BCUT2D eigenvalue weighted by Crippen LogP contribution is -2.46. The standard InChI is InChI=1S/C22H36N4O/c1-3-20(26-14-13-17-7-5-6-8-18(17)16-26)15-24-22(23-4-2)25-19-9-11-21(27)12-10-19/h5-8,19-21,27H,3-4,9-16H2,1-2H3,(H2,23,24,25). The molecule has 5 nitrogen and oxygen atoms in total. The first-order chi connectivity index (χ1) is 13.2. The van der Waals surface area contributed by atoms with E-state index in [2.05, 4.69) is 53.6 Å². The normalized spacial score (nSPS) is 24.9. The van der Waals surface area contributed by atoms with Crippen LogP contribution in [0.5, 0.6) is 0 Å². The SMILES string of the molecule is CCNC(=NCC(CC)N1CCc2ccccc2C1)NC1CCC(O)CC1. The highest BCUT2D eigenvalue weighted by molar-refractivity contribution is 5.80. The zero-order valence-electron chi connectivity index (χ0n) is 17.0. The van der Waals surface area contributed by atoms with Crippen molar-refractivity contribution in [2.24, 2.45) is 4.99 Å². The minimum atomic E-state index is -0.117. The zero-order valence-corrected chi connectivity index (χ0v) is 17.0. The van der Waals surface area contributed by atoms with Crippen LogP contribution < -0.4 is 10.6 Å². The van der Waals surface area contributed by atoms with E-state index in [0.29, 0.717) is 12.1 Å². The number of benzene rings is 1. The van der Waals surface area contributed by atoms with Crippen LogP contribution in [-0.4, -0.2) is 53.8 Å². The lowest BCUT2D eigenvalue weighted by molar-refractivity contribution is 0.120. The molecule has 3 N–H and O–H groups in total. The summed E-state index contributed by atoms with van der Waals surface area (Å²) in [5, 5.41) is 16.7. The molecule has 1 atom stereocenters. The van der Waals surface area contributed by atoms with E-state index in [9.17, 15) is 5.11 Å². The Morgan fingerprint density at radius 1 is 1.19 bits per heavy atom. The number of guanidine groups is 1. The summed E-state index contributed by atoms with van der Waals surface area (Å²) in [5.74, 6) is 0.926. The zero-order chi connectivity index (χ0) is 19.1. The van der Waals surface area contributed by atoms with Crippen LogP contribution in [0, 0.1) is 0 Å².